The Morgan fingerprint density at radius 2 is 2.33 bits per heavy atom. The number of rotatable bonds is 6. The van der Waals surface area contributed by atoms with Crippen molar-refractivity contribution in [2.45, 2.75) is 32.6 Å². The molecule has 4 heteroatoms. The summed E-state index contributed by atoms with van der Waals surface area (Å²) < 4.78 is 4.73. The minimum Gasteiger partial charge on any atom is -0.466 e. The van der Waals surface area contributed by atoms with Gasteiger partial charge in [-0.1, -0.05) is 0 Å². The summed E-state index contributed by atoms with van der Waals surface area (Å²) in [5.74, 6) is -0.154. The fraction of sp³-hybridized carbons (Fsp3) is 0.750. The topological polar surface area (TPSA) is 58.9 Å². The van der Waals surface area contributed by atoms with Crippen LogP contribution in [0.4, 0.5) is 0 Å². The minimum atomic E-state index is -0.154. The molecule has 70 valence electrons. The zero-order valence-electron chi connectivity index (χ0n) is 7.32. The van der Waals surface area contributed by atoms with Crippen molar-refractivity contribution < 1.29 is 14.7 Å². The molecule has 0 aliphatic carbocycles. The van der Waals surface area contributed by atoms with E-state index in [0.29, 0.717) is 19.4 Å². The third kappa shape index (κ3) is 7.05. The Labute approximate surface area is 72.2 Å². The summed E-state index contributed by atoms with van der Waals surface area (Å²) in [7, 11) is 0. The molecular formula is C8H15NO3. The van der Waals surface area contributed by atoms with E-state index in [2.05, 4.69) is 5.16 Å². The third-order valence-electron chi connectivity index (χ3n) is 1.35. The van der Waals surface area contributed by atoms with Gasteiger partial charge in [0, 0.05) is 12.6 Å². The highest BCUT2D eigenvalue weighted by Gasteiger charge is 1.99. The second-order valence-electron chi connectivity index (χ2n) is 2.35. The smallest absolute Gasteiger partial charge is 0.305 e. The van der Waals surface area contributed by atoms with E-state index in [9.17, 15) is 4.79 Å². The van der Waals surface area contributed by atoms with Crippen LogP contribution >= 0.6 is 0 Å². The van der Waals surface area contributed by atoms with Gasteiger partial charge < -0.3 is 9.94 Å². The average Bonchev–Trinajstić information content (AvgIpc) is 2.05. The number of oxime groups is 1. The van der Waals surface area contributed by atoms with Crippen molar-refractivity contribution in [1.82, 2.24) is 0 Å². The lowest BCUT2D eigenvalue weighted by Gasteiger charge is -1.99. The molecule has 0 bridgehead atoms. The van der Waals surface area contributed by atoms with Crippen LogP contribution in [0, 0.1) is 0 Å². The Kier molecular flexibility index (Phi) is 7.33. The fourth-order valence-electron chi connectivity index (χ4n) is 0.796. The molecule has 0 fully saturated rings. The molecule has 0 atom stereocenters. The zero-order valence-corrected chi connectivity index (χ0v) is 7.32. The highest BCUT2D eigenvalue weighted by molar-refractivity contribution is 5.69. The first-order chi connectivity index (χ1) is 5.81. The van der Waals surface area contributed by atoms with Crippen molar-refractivity contribution in [2.24, 2.45) is 5.16 Å². The predicted molar refractivity (Wildman–Crippen MR) is 45.4 cm³/mol. The molecule has 1 N–H and O–H groups in total. The maximum Gasteiger partial charge on any atom is 0.305 e. The lowest BCUT2D eigenvalue weighted by molar-refractivity contribution is -0.143. The van der Waals surface area contributed by atoms with E-state index in [4.69, 9.17) is 9.94 Å². The van der Waals surface area contributed by atoms with Gasteiger partial charge in [0.25, 0.3) is 0 Å². The molecule has 0 aromatic carbocycles. The number of ether oxygens (including phenoxy) is 1. The number of unbranched alkanes of at least 4 members (excludes halogenated alkanes) is 2. The molecule has 0 amide bonds. The first-order valence-corrected chi connectivity index (χ1v) is 4.12. The van der Waals surface area contributed by atoms with Gasteiger partial charge in [-0.25, -0.2) is 0 Å². The number of nitrogens with zero attached hydrogens (tertiary/aromatic N) is 1. The fourth-order valence-corrected chi connectivity index (χ4v) is 0.796. The van der Waals surface area contributed by atoms with Crippen molar-refractivity contribution in [2.75, 3.05) is 6.61 Å². The second kappa shape index (κ2) is 8.04. The molecule has 0 saturated carbocycles. The number of esters is 1. The second-order valence-corrected chi connectivity index (χ2v) is 2.35. The van der Waals surface area contributed by atoms with E-state index in [1.54, 1.807) is 6.92 Å². The minimum absolute atomic E-state index is 0.154. The molecule has 4 nitrogen and oxygen atoms in total. The van der Waals surface area contributed by atoms with Gasteiger partial charge in [0.15, 0.2) is 0 Å². The highest BCUT2D eigenvalue weighted by atomic mass is 16.5. The van der Waals surface area contributed by atoms with Crippen molar-refractivity contribution in [3.8, 4) is 0 Å². The Balaban J connectivity index is 3.13. The number of carbonyl (C=O) groups is 1. The van der Waals surface area contributed by atoms with E-state index in [1.165, 1.54) is 6.21 Å². The van der Waals surface area contributed by atoms with Crippen LogP contribution in [0.25, 0.3) is 0 Å². The number of hydrogen-bond acceptors (Lipinski definition) is 4. The Morgan fingerprint density at radius 3 is 2.92 bits per heavy atom. The maximum absolute atomic E-state index is 10.8. The molecule has 0 rings (SSSR count). The lowest BCUT2D eigenvalue weighted by atomic mass is 10.2. The van der Waals surface area contributed by atoms with E-state index in [-0.39, 0.29) is 5.97 Å². The quantitative estimate of drug-likeness (QED) is 0.218. The highest BCUT2D eigenvalue weighted by Crippen LogP contribution is 1.99. The molecule has 0 aliphatic heterocycles. The Morgan fingerprint density at radius 1 is 1.58 bits per heavy atom. The van der Waals surface area contributed by atoms with Crippen LogP contribution in [0.2, 0.25) is 0 Å². The first-order valence-electron chi connectivity index (χ1n) is 4.12. The van der Waals surface area contributed by atoms with Crippen molar-refractivity contribution in [3.05, 3.63) is 0 Å². The van der Waals surface area contributed by atoms with E-state index in [1.807, 2.05) is 0 Å². The lowest BCUT2D eigenvalue weighted by Crippen LogP contribution is -2.03. The van der Waals surface area contributed by atoms with Crippen molar-refractivity contribution in [3.63, 3.8) is 0 Å². The monoisotopic (exact) mass is 173 g/mol. The van der Waals surface area contributed by atoms with E-state index < -0.39 is 0 Å². The SMILES string of the molecule is CCOC(=O)CCCC/C=N\O. The predicted octanol–water partition coefficient (Wildman–Crippen LogP) is 1.57. The van der Waals surface area contributed by atoms with Gasteiger partial charge in [-0.15, -0.1) is 5.16 Å². The van der Waals surface area contributed by atoms with Crippen molar-refractivity contribution >= 4 is 12.2 Å². The first kappa shape index (κ1) is 10.9. The van der Waals surface area contributed by atoms with Gasteiger partial charge in [0.1, 0.15) is 0 Å². The van der Waals surface area contributed by atoms with Gasteiger partial charge >= 0.3 is 5.97 Å². The van der Waals surface area contributed by atoms with Crippen LogP contribution in [-0.2, 0) is 9.53 Å². The molecule has 0 aromatic rings. The summed E-state index contributed by atoms with van der Waals surface area (Å²) in [6.07, 6.45) is 4.21. The maximum atomic E-state index is 10.8. The molecular weight excluding hydrogens is 158 g/mol. The summed E-state index contributed by atoms with van der Waals surface area (Å²) in [6, 6.07) is 0. The molecule has 0 spiro atoms. The van der Waals surface area contributed by atoms with Crippen LogP contribution in [0.1, 0.15) is 32.6 Å². The molecule has 0 unspecified atom stereocenters. The molecule has 0 radical (unpaired) electrons. The van der Waals surface area contributed by atoms with Crippen LogP contribution < -0.4 is 0 Å². The average molecular weight is 173 g/mol. The Bertz CT molecular complexity index is 145. The standard InChI is InChI=1S/C8H15NO3/c1-2-12-8(10)6-4-3-5-7-9-11/h7,11H,2-6H2,1H3/b9-7-. The summed E-state index contributed by atoms with van der Waals surface area (Å²) in [6.45, 7) is 2.23. The molecule has 12 heavy (non-hydrogen) atoms. The van der Waals surface area contributed by atoms with Gasteiger partial charge in [-0.05, 0) is 26.2 Å². The third-order valence-corrected chi connectivity index (χ3v) is 1.35. The normalized spacial score (nSPS) is 10.4. The molecule has 0 aromatic heterocycles. The van der Waals surface area contributed by atoms with E-state index >= 15 is 0 Å². The Hall–Kier alpha value is -1.06. The summed E-state index contributed by atoms with van der Waals surface area (Å²) in [5.41, 5.74) is 0. The molecule has 0 aliphatic rings. The summed E-state index contributed by atoms with van der Waals surface area (Å²) in [5, 5.41) is 10.9. The van der Waals surface area contributed by atoms with Gasteiger partial charge in [0.05, 0.1) is 6.61 Å². The van der Waals surface area contributed by atoms with Gasteiger partial charge in [-0.3, -0.25) is 4.79 Å². The zero-order chi connectivity index (χ0) is 9.23. The van der Waals surface area contributed by atoms with Crippen LogP contribution in [0.15, 0.2) is 5.16 Å². The van der Waals surface area contributed by atoms with Gasteiger partial charge in [-0.2, -0.15) is 0 Å². The van der Waals surface area contributed by atoms with Gasteiger partial charge in [0.2, 0.25) is 0 Å². The number of carbonyl (C=O) groups excluding carboxylic acids is 1. The number of hydrogen-bond donors (Lipinski definition) is 1. The summed E-state index contributed by atoms with van der Waals surface area (Å²) >= 11 is 0. The largest absolute Gasteiger partial charge is 0.466 e. The summed E-state index contributed by atoms with van der Waals surface area (Å²) in [4.78, 5) is 10.8. The van der Waals surface area contributed by atoms with Crippen molar-refractivity contribution in [1.29, 1.82) is 0 Å². The van der Waals surface area contributed by atoms with E-state index in [0.717, 1.165) is 12.8 Å². The van der Waals surface area contributed by atoms with Crippen LogP contribution in [-0.4, -0.2) is 24.0 Å². The van der Waals surface area contributed by atoms with Crippen LogP contribution in [0.5, 0.6) is 0 Å². The molecule has 0 saturated heterocycles. The van der Waals surface area contributed by atoms with Crippen LogP contribution in [0.3, 0.4) is 0 Å². The molecule has 0 heterocycles.